The van der Waals surface area contributed by atoms with Crippen LogP contribution in [0, 0.1) is 0 Å². The van der Waals surface area contributed by atoms with E-state index in [1.54, 1.807) is 6.92 Å². The Labute approximate surface area is 162 Å². The van der Waals surface area contributed by atoms with Crippen molar-refractivity contribution in [2.75, 3.05) is 0 Å². The second-order valence-corrected chi connectivity index (χ2v) is 7.72. The second kappa shape index (κ2) is 18.9. The molecule has 26 heavy (non-hydrogen) atoms. The monoisotopic (exact) mass is 368 g/mol. The van der Waals surface area contributed by atoms with Gasteiger partial charge in [-0.2, -0.15) is 0 Å². The summed E-state index contributed by atoms with van der Waals surface area (Å²) in [4.78, 5) is 11.7. The normalized spacial score (nSPS) is 13.8. The molecule has 3 heteroatoms. The SMILES string of the molecule is CCCCCCCC/C=C\CCCCCCCC(=O)OC(C)CC(C)O. The highest BCUT2D eigenvalue weighted by molar-refractivity contribution is 5.69. The summed E-state index contributed by atoms with van der Waals surface area (Å²) in [5, 5.41) is 9.26. The van der Waals surface area contributed by atoms with E-state index in [-0.39, 0.29) is 12.1 Å². The van der Waals surface area contributed by atoms with Crippen molar-refractivity contribution >= 4 is 5.97 Å². The molecular weight excluding hydrogens is 324 g/mol. The maximum atomic E-state index is 11.7. The summed E-state index contributed by atoms with van der Waals surface area (Å²) in [5.41, 5.74) is 0. The molecule has 0 aromatic rings. The van der Waals surface area contributed by atoms with Crippen LogP contribution in [0.1, 0.15) is 117 Å². The van der Waals surface area contributed by atoms with E-state index in [0.29, 0.717) is 12.8 Å². The first-order chi connectivity index (χ1) is 12.6. The Balaban J connectivity index is 3.30. The molecule has 0 bridgehead atoms. The number of rotatable bonds is 18. The van der Waals surface area contributed by atoms with Crippen LogP contribution in [-0.4, -0.2) is 23.3 Å². The first-order valence-corrected chi connectivity index (χ1v) is 11.1. The van der Waals surface area contributed by atoms with Crippen molar-refractivity contribution in [3.05, 3.63) is 12.2 Å². The smallest absolute Gasteiger partial charge is 0.306 e. The topological polar surface area (TPSA) is 46.5 Å². The highest BCUT2D eigenvalue weighted by Crippen LogP contribution is 2.11. The number of allylic oxidation sites excluding steroid dienone is 2. The zero-order valence-corrected chi connectivity index (χ0v) is 17.7. The Morgan fingerprint density at radius 3 is 1.88 bits per heavy atom. The Kier molecular flexibility index (Phi) is 18.3. The predicted octanol–water partition coefficient (Wildman–Crippen LogP) is 6.73. The third kappa shape index (κ3) is 19.5. The summed E-state index contributed by atoms with van der Waals surface area (Å²) in [6, 6.07) is 0. The van der Waals surface area contributed by atoms with Gasteiger partial charge in [-0.3, -0.25) is 4.79 Å². The number of unbranched alkanes of at least 4 members (excludes halogenated alkanes) is 11. The lowest BCUT2D eigenvalue weighted by Crippen LogP contribution is -2.19. The molecule has 0 aromatic carbocycles. The van der Waals surface area contributed by atoms with Crippen molar-refractivity contribution in [1.82, 2.24) is 0 Å². The van der Waals surface area contributed by atoms with E-state index in [2.05, 4.69) is 19.1 Å². The quantitative estimate of drug-likeness (QED) is 0.166. The molecule has 154 valence electrons. The van der Waals surface area contributed by atoms with Crippen molar-refractivity contribution in [3.63, 3.8) is 0 Å². The zero-order valence-electron chi connectivity index (χ0n) is 17.7. The van der Waals surface area contributed by atoms with Crippen molar-refractivity contribution in [2.45, 2.75) is 129 Å². The molecule has 0 radical (unpaired) electrons. The van der Waals surface area contributed by atoms with E-state index < -0.39 is 6.10 Å². The lowest BCUT2D eigenvalue weighted by molar-refractivity contribution is -0.149. The Morgan fingerprint density at radius 2 is 1.35 bits per heavy atom. The van der Waals surface area contributed by atoms with Crippen molar-refractivity contribution in [2.24, 2.45) is 0 Å². The third-order valence-electron chi connectivity index (χ3n) is 4.65. The van der Waals surface area contributed by atoms with Gasteiger partial charge in [-0.25, -0.2) is 0 Å². The number of carbonyl (C=O) groups excluding carboxylic acids is 1. The van der Waals surface area contributed by atoms with Crippen LogP contribution in [0.2, 0.25) is 0 Å². The third-order valence-corrected chi connectivity index (χ3v) is 4.65. The Hall–Kier alpha value is -0.830. The minimum Gasteiger partial charge on any atom is -0.463 e. The Bertz CT molecular complexity index is 336. The van der Waals surface area contributed by atoms with Crippen LogP contribution in [-0.2, 0) is 9.53 Å². The first kappa shape index (κ1) is 25.2. The summed E-state index contributed by atoms with van der Waals surface area (Å²) >= 11 is 0. The molecule has 0 aromatic heterocycles. The molecule has 2 unspecified atom stereocenters. The highest BCUT2D eigenvalue weighted by Gasteiger charge is 2.11. The molecule has 0 aliphatic heterocycles. The molecule has 0 aliphatic rings. The minimum atomic E-state index is -0.419. The average molecular weight is 369 g/mol. The number of hydrogen-bond donors (Lipinski definition) is 1. The van der Waals surface area contributed by atoms with Crippen molar-refractivity contribution < 1.29 is 14.6 Å². The highest BCUT2D eigenvalue weighted by atomic mass is 16.5. The standard InChI is InChI=1S/C23H44O3/c1-4-5-6-7-8-9-10-11-12-13-14-15-16-17-18-19-23(25)26-22(3)20-21(2)24/h11-12,21-22,24H,4-10,13-20H2,1-3H3/b12-11-. The van der Waals surface area contributed by atoms with Gasteiger partial charge in [0.05, 0.1) is 6.10 Å². The fourth-order valence-electron chi connectivity index (χ4n) is 3.15. The van der Waals surface area contributed by atoms with E-state index in [0.717, 1.165) is 12.8 Å². The van der Waals surface area contributed by atoms with Crippen LogP contribution >= 0.6 is 0 Å². The average Bonchev–Trinajstić information content (AvgIpc) is 2.57. The molecule has 3 nitrogen and oxygen atoms in total. The van der Waals surface area contributed by atoms with Crippen molar-refractivity contribution in [1.29, 1.82) is 0 Å². The van der Waals surface area contributed by atoms with Gasteiger partial charge >= 0.3 is 5.97 Å². The molecular formula is C23H44O3. The summed E-state index contributed by atoms with van der Waals surface area (Å²) in [6.45, 7) is 5.82. The molecule has 0 rings (SSSR count). The summed E-state index contributed by atoms with van der Waals surface area (Å²) in [6.07, 6.45) is 21.5. The molecule has 0 saturated carbocycles. The van der Waals surface area contributed by atoms with Crippen LogP contribution in [0.25, 0.3) is 0 Å². The number of aliphatic hydroxyl groups is 1. The number of ether oxygens (including phenoxy) is 1. The molecule has 0 spiro atoms. The van der Waals surface area contributed by atoms with Gasteiger partial charge in [0.1, 0.15) is 6.10 Å². The largest absolute Gasteiger partial charge is 0.463 e. The van der Waals surface area contributed by atoms with Gasteiger partial charge in [0.25, 0.3) is 0 Å². The summed E-state index contributed by atoms with van der Waals surface area (Å²) < 4.78 is 5.27. The predicted molar refractivity (Wildman–Crippen MR) is 111 cm³/mol. The van der Waals surface area contributed by atoms with E-state index >= 15 is 0 Å². The number of aliphatic hydroxyl groups excluding tert-OH is 1. The Morgan fingerprint density at radius 1 is 0.846 bits per heavy atom. The molecule has 0 fully saturated rings. The number of carbonyl (C=O) groups is 1. The maximum absolute atomic E-state index is 11.7. The molecule has 0 heterocycles. The second-order valence-electron chi connectivity index (χ2n) is 7.72. The maximum Gasteiger partial charge on any atom is 0.306 e. The number of hydrogen-bond acceptors (Lipinski definition) is 3. The molecule has 1 N–H and O–H groups in total. The lowest BCUT2D eigenvalue weighted by atomic mass is 10.1. The van der Waals surface area contributed by atoms with Gasteiger partial charge in [0, 0.05) is 12.8 Å². The number of esters is 1. The van der Waals surface area contributed by atoms with Gasteiger partial charge in [-0.1, -0.05) is 70.4 Å². The minimum absolute atomic E-state index is 0.129. The lowest BCUT2D eigenvalue weighted by Gasteiger charge is -2.14. The van der Waals surface area contributed by atoms with E-state index in [9.17, 15) is 9.90 Å². The van der Waals surface area contributed by atoms with Gasteiger partial charge in [-0.15, -0.1) is 0 Å². The summed E-state index contributed by atoms with van der Waals surface area (Å²) in [5.74, 6) is -0.129. The zero-order chi connectivity index (χ0) is 19.5. The van der Waals surface area contributed by atoms with Crippen LogP contribution < -0.4 is 0 Å². The van der Waals surface area contributed by atoms with E-state index in [4.69, 9.17) is 4.74 Å². The first-order valence-electron chi connectivity index (χ1n) is 11.1. The van der Waals surface area contributed by atoms with Crippen LogP contribution in [0.4, 0.5) is 0 Å². The van der Waals surface area contributed by atoms with Crippen molar-refractivity contribution in [3.8, 4) is 0 Å². The molecule has 2 atom stereocenters. The van der Waals surface area contributed by atoms with Crippen LogP contribution in [0.5, 0.6) is 0 Å². The molecule has 0 saturated heterocycles. The van der Waals surface area contributed by atoms with Gasteiger partial charge < -0.3 is 9.84 Å². The summed E-state index contributed by atoms with van der Waals surface area (Å²) in [7, 11) is 0. The fraction of sp³-hybridized carbons (Fsp3) is 0.870. The van der Waals surface area contributed by atoms with Crippen LogP contribution in [0.3, 0.4) is 0 Å². The van der Waals surface area contributed by atoms with Gasteiger partial charge in [-0.05, 0) is 46.0 Å². The fourth-order valence-corrected chi connectivity index (χ4v) is 3.15. The molecule has 0 amide bonds. The van der Waals surface area contributed by atoms with Crippen LogP contribution in [0.15, 0.2) is 12.2 Å². The van der Waals surface area contributed by atoms with Gasteiger partial charge in [0.15, 0.2) is 0 Å². The van der Waals surface area contributed by atoms with E-state index in [1.807, 2.05) is 6.92 Å². The molecule has 0 aliphatic carbocycles. The van der Waals surface area contributed by atoms with E-state index in [1.165, 1.54) is 70.6 Å². The van der Waals surface area contributed by atoms with Gasteiger partial charge in [0.2, 0.25) is 0 Å².